The van der Waals surface area contributed by atoms with Gasteiger partial charge in [-0.1, -0.05) is 27.5 Å². The number of nitrogens with zero attached hydrogens (tertiary/aromatic N) is 2. The first-order chi connectivity index (χ1) is 8.63. The largest absolute Gasteiger partial charge is 0.339 e. The maximum Gasteiger partial charge on any atom is 0.124 e. The Kier molecular flexibility index (Phi) is 4.40. The zero-order valence-corrected chi connectivity index (χ0v) is 12.0. The minimum absolute atomic E-state index is 0.337. The average Bonchev–Trinajstić information content (AvgIpc) is 2.38. The summed E-state index contributed by atoms with van der Waals surface area (Å²) in [7, 11) is 0. The van der Waals surface area contributed by atoms with E-state index in [0.29, 0.717) is 23.3 Å². The molecule has 0 bridgehead atoms. The maximum absolute atomic E-state index is 13.0. The molecule has 1 aromatic rings. The molecular weight excluding hydrogens is 319 g/mol. The monoisotopic (exact) mass is 329 g/mol. The summed E-state index contributed by atoms with van der Waals surface area (Å²) in [6.07, 6.45) is 2.50. The Hall–Kier alpha value is -0.870. The summed E-state index contributed by atoms with van der Waals surface area (Å²) in [5.74, 6) is -0.337. The fraction of sp³-hybridized carbons (Fsp3) is 0.231. The van der Waals surface area contributed by atoms with Gasteiger partial charge in [0.15, 0.2) is 0 Å². The normalized spacial score (nSPS) is 15.4. The van der Waals surface area contributed by atoms with Gasteiger partial charge in [-0.15, -0.1) is 0 Å². The number of rotatable bonds is 3. The minimum atomic E-state index is -0.337. The van der Waals surface area contributed by atoms with E-state index in [1.165, 1.54) is 12.1 Å². The fourth-order valence-corrected chi connectivity index (χ4v) is 2.33. The van der Waals surface area contributed by atoms with Crippen LogP contribution in [0.1, 0.15) is 6.42 Å². The molecule has 1 aliphatic heterocycles. The van der Waals surface area contributed by atoms with Gasteiger partial charge in [0.25, 0.3) is 0 Å². The van der Waals surface area contributed by atoms with Gasteiger partial charge in [-0.05, 0) is 31.5 Å². The van der Waals surface area contributed by atoms with Crippen LogP contribution in [0.5, 0.6) is 0 Å². The molecule has 0 aliphatic carbocycles. The van der Waals surface area contributed by atoms with Gasteiger partial charge in [0.2, 0.25) is 0 Å². The standard InChI is InChI=1S/C13H12BrClFN2/c1-2-10-7-18(8-11(6-14)17-10)13-4-3-9(16)5-12(13)15/h3-5,7H,1-2,6,8H2. The van der Waals surface area contributed by atoms with Crippen LogP contribution in [0.25, 0.3) is 0 Å². The van der Waals surface area contributed by atoms with Crippen molar-refractivity contribution in [2.24, 2.45) is 4.99 Å². The lowest BCUT2D eigenvalue weighted by Crippen LogP contribution is -2.29. The van der Waals surface area contributed by atoms with E-state index in [4.69, 9.17) is 11.6 Å². The van der Waals surface area contributed by atoms with Gasteiger partial charge in [0, 0.05) is 17.2 Å². The van der Waals surface area contributed by atoms with Gasteiger partial charge in [-0.25, -0.2) is 4.39 Å². The Morgan fingerprint density at radius 3 is 2.89 bits per heavy atom. The minimum Gasteiger partial charge on any atom is -0.339 e. The van der Waals surface area contributed by atoms with Crippen molar-refractivity contribution in [1.29, 1.82) is 0 Å². The highest BCUT2D eigenvalue weighted by molar-refractivity contribution is 9.09. The molecule has 5 heteroatoms. The molecule has 0 aromatic heterocycles. The molecule has 1 aromatic carbocycles. The topological polar surface area (TPSA) is 15.6 Å². The van der Waals surface area contributed by atoms with E-state index >= 15 is 0 Å². The van der Waals surface area contributed by atoms with Crippen LogP contribution in [0, 0.1) is 12.7 Å². The number of alkyl halides is 1. The van der Waals surface area contributed by atoms with E-state index in [1.807, 2.05) is 11.1 Å². The molecule has 0 atom stereocenters. The van der Waals surface area contributed by atoms with Gasteiger partial charge >= 0.3 is 0 Å². The van der Waals surface area contributed by atoms with Crippen molar-refractivity contribution in [3.63, 3.8) is 0 Å². The highest BCUT2D eigenvalue weighted by atomic mass is 79.9. The predicted molar refractivity (Wildman–Crippen MR) is 78.0 cm³/mol. The Morgan fingerprint density at radius 1 is 1.50 bits per heavy atom. The second-order valence-corrected chi connectivity index (χ2v) is 4.87. The van der Waals surface area contributed by atoms with Crippen LogP contribution in [0.15, 0.2) is 35.1 Å². The van der Waals surface area contributed by atoms with Gasteiger partial charge in [0.1, 0.15) is 5.82 Å². The first-order valence-electron chi connectivity index (χ1n) is 5.48. The fourth-order valence-electron chi connectivity index (χ4n) is 1.75. The van der Waals surface area contributed by atoms with Crippen molar-refractivity contribution >= 4 is 38.9 Å². The smallest absolute Gasteiger partial charge is 0.124 e. The molecule has 18 heavy (non-hydrogen) atoms. The lowest BCUT2D eigenvalue weighted by Gasteiger charge is -2.26. The Balaban J connectivity index is 2.34. The first-order valence-corrected chi connectivity index (χ1v) is 6.98. The summed E-state index contributed by atoms with van der Waals surface area (Å²) in [6.45, 7) is 4.47. The molecule has 0 fully saturated rings. The van der Waals surface area contributed by atoms with Crippen LogP contribution in [-0.4, -0.2) is 17.6 Å². The third-order valence-electron chi connectivity index (χ3n) is 2.59. The van der Waals surface area contributed by atoms with Gasteiger partial charge in [0.05, 0.1) is 23.0 Å². The third kappa shape index (κ3) is 2.93. The van der Waals surface area contributed by atoms with Crippen molar-refractivity contribution in [3.8, 4) is 0 Å². The van der Waals surface area contributed by atoms with Crippen LogP contribution >= 0.6 is 27.5 Å². The molecule has 95 valence electrons. The molecule has 0 saturated carbocycles. The molecule has 0 spiro atoms. The summed E-state index contributed by atoms with van der Waals surface area (Å²) >= 11 is 9.47. The van der Waals surface area contributed by atoms with Crippen molar-refractivity contribution < 1.29 is 4.39 Å². The number of hydrogen-bond donors (Lipinski definition) is 0. The summed E-state index contributed by atoms with van der Waals surface area (Å²) in [6, 6.07) is 4.39. The van der Waals surface area contributed by atoms with Crippen molar-refractivity contribution in [3.05, 3.63) is 47.9 Å². The molecule has 1 aliphatic rings. The van der Waals surface area contributed by atoms with Gasteiger partial charge in [-0.3, -0.25) is 4.99 Å². The van der Waals surface area contributed by atoms with Crippen LogP contribution in [0.4, 0.5) is 10.1 Å². The molecule has 2 rings (SSSR count). The zero-order chi connectivity index (χ0) is 13.1. The molecule has 1 radical (unpaired) electrons. The number of allylic oxidation sites excluding steroid dienone is 1. The lowest BCUT2D eigenvalue weighted by atomic mass is 10.2. The van der Waals surface area contributed by atoms with Crippen molar-refractivity contribution in [1.82, 2.24) is 0 Å². The van der Waals surface area contributed by atoms with Gasteiger partial charge in [-0.2, -0.15) is 0 Å². The van der Waals surface area contributed by atoms with Crippen LogP contribution in [0.2, 0.25) is 5.02 Å². The molecule has 1 heterocycles. The molecule has 0 saturated heterocycles. The molecule has 2 nitrogen and oxygen atoms in total. The van der Waals surface area contributed by atoms with E-state index in [0.717, 1.165) is 17.1 Å². The maximum atomic E-state index is 13.0. The summed E-state index contributed by atoms with van der Waals surface area (Å²) in [5, 5.41) is 1.09. The van der Waals surface area contributed by atoms with E-state index in [9.17, 15) is 4.39 Å². The van der Waals surface area contributed by atoms with E-state index in [2.05, 4.69) is 27.8 Å². The van der Waals surface area contributed by atoms with Crippen LogP contribution in [-0.2, 0) is 0 Å². The van der Waals surface area contributed by atoms with E-state index in [1.54, 1.807) is 6.07 Å². The zero-order valence-electron chi connectivity index (χ0n) is 9.67. The Labute approximate surface area is 119 Å². The second-order valence-electron chi connectivity index (χ2n) is 3.91. The summed E-state index contributed by atoms with van der Waals surface area (Å²) in [5.41, 5.74) is 2.66. The predicted octanol–water partition coefficient (Wildman–Crippen LogP) is 4.20. The molecule has 0 N–H and O–H groups in total. The number of benzene rings is 1. The SMILES string of the molecule is [CH2]CC1=CN(c2ccc(F)cc2Cl)CC(CBr)=N1. The second kappa shape index (κ2) is 5.85. The third-order valence-corrected chi connectivity index (χ3v) is 3.54. The quantitative estimate of drug-likeness (QED) is 0.758. The highest BCUT2D eigenvalue weighted by Crippen LogP contribution is 2.29. The Bertz CT molecular complexity index is 514. The van der Waals surface area contributed by atoms with Crippen LogP contribution < -0.4 is 4.90 Å². The summed E-state index contributed by atoms with van der Waals surface area (Å²) < 4.78 is 13.0. The number of hydrogen-bond acceptors (Lipinski definition) is 2. The van der Waals surface area contributed by atoms with Crippen molar-refractivity contribution in [2.45, 2.75) is 6.42 Å². The average molecular weight is 331 g/mol. The molecular formula is C13H12BrClFN2. The summed E-state index contributed by atoms with van der Waals surface area (Å²) in [4.78, 5) is 6.42. The van der Waals surface area contributed by atoms with E-state index in [-0.39, 0.29) is 5.82 Å². The number of halogens is 3. The van der Waals surface area contributed by atoms with Crippen molar-refractivity contribution in [2.75, 3.05) is 16.8 Å². The highest BCUT2D eigenvalue weighted by Gasteiger charge is 2.16. The number of aliphatic imine (C=N–C) groups is 1. The number of anilines is 1. The molecule has 0 amide bonds. The first kappa shape index (κ1) is 13.6. The van der Waals surface area contributed by atoms with Crippen LogP contribution in [0.3, 0.4) is 0 Å². The van der Waals surface area contributed by atoms with E-state index < -0.39 is 0 Å². The Morgan fingerprint density at radius 2 is 2.28 bits per heavy atom. The lowest BCUT2D eigenvalue weighted by molar-refractivity contribution is 0.628. The molecule has 0 unspecified atom stereocenters. The van der Waals surface area contributed by atoms with Gasteiger partial charge < -0.3 is 4.90 Å².